The third kappa shape index (κ3) is 22.6. The number of anilines is 3. The van der Waals surface area contributed by atoms with Gasteiger partial charge in [-0.05, 0) is 99.9 Å². The molecule has 3 aliphatic rings. The number of unbranched alkanes of at least 4 members (excludes halogenated alkanes) is 4. The van der Waals surface area contributed by atoms with Crippen LogP contribution in [-0.4, -0.2) is 162 Å². The van der Waals surface area contributed by atoms with Gasteiger partial charge in [0.1, 0.15) is 0 Å². The molecular formula is C65H73K3N8O22S4. The first-order chi connectivity index (χ1) is 46.9. The number of carbonyl (C=O) groups excluding carboxylic acids is 6. The van der Waals surface area contributed by atoms with Crippen molar-refractivity contribution < 1.29 is 258 Å². The smallest absolute Gasteiger partial charge is 0.748 e. The number of hydrogen-bond acceptors (Lipinski definition) is 25. The number of nitrogens with zero attached hydrogens (tertiary/aromatic N) is 8. The fourth-order valence-corrected chi connectivity index (χ4v) is 14.5. The van der Waals surface area contributed by atoms with E-state index in [1.54, 1.807) is 52.3 Å². The Morgan fingerprint density at radius 1 is 0.520 bits per heavy atom. The molecule has 2 saturated heterocycles. The Kier molecular flexibility index (Phi) is 31.2. The zero-order valence-corrected chi connectivity index (χ0v) is 69.9. The number of benzene rings is 4. The predicted molar refractivity (Wildman–Crippen MR) is 357 cm³/mol. The number of hydrogen-bond donors (Lipinski definition) is 0. The Morgan fingerprint density at radius 2 is 0.951 bits per heavy atom. The van der Waals surface area contributed by atoms with E-state index in [0.29, 0.717) is 107 Å². The molecule has 30 nitrogen and oxygen atoms in total. The van der Waals surface area contributed by atoms with Gasteiger partial charge < -0.3 is 60.9 Å². The van der Waals surface area contributed by atoms with Crippen molar-refractivity contribution in [3.63, 3.8) is 0 Å². The topological polar surface area (TPSA) is 402 Å². The van der Waals surface area contributed by atoms with Crippen molar-refractivity contribution in [3.8, 4) is 5.75 Å². The number of allylic oxidation sites excluding steroid dienone is 4. The molecular weight excluding hydrogens is 1490 g/mol. The van der Waals surface area contributed by atoms with E-state index in [1.165, 1.54) is 0 Å². The Morgan fingerprint density at radius 3 is 1.41 bits per heavy atom. The van der Waals surface area contributed by atoms with Gasteiger partial charge in [-0.3, -0.25) is 19.2 Å². The number of imide groups is 2. The first-order valence-corrected chi connectivity index (χ1v) is 38.5. The monoisotopic (exact) mass is 1560 g/mol. The number of fused-ring (bicyclic) bond motifs is 8. The molecule has 3 aliphatic heterocycles. The Hall–Kier alpha value is -3.86. The summed E-state index contributed by atoms with van der Waals surface area (Å²) < 4.78 is 158. The van der Waals surface area contributed by atoms with Crippen molar-refractivity contribution in [1.82, 2.24) is 19.3 Å². The van der Waals surface area contributed by atoms with Crippen molar-refractivity contribution in [2.75, 3.05) is 70.4 Å². The predicted octanol–water partition coefficient (Wildman–Crippen LogP) is -2.98. The fourth-order valence-electron chi connectivity index (χ4n) is 12.5. The molecule has 0 atom stereocenters. The van der Waals surface area contributed by atoms with Gasteiger partial charge in [-0.2, -0.15) is 4.57 Å². The second-order valence-electron chi connectivity index (χ2n) is 24.4. The fraction of sp³-hybridized carbons (Fsp3) is 0.431. The number of amides is 4. The van der Waals surface area contributed by atoms with Gasteiger partial charge in [0.2, 0.25) is 11.5 Å². The van der Waals surface area contributed by atoms with E-state index in [9.17, 15) is 80.6 Å². The summed E-state index contributed by atoms with van der Waals surface area (Å²) in [5.74, 6) is -5.01. The number of rotatable bonds is 35. The number of ether oxygens (including phenoxy) is 1. The number of aryl methyl sites for hydroxylation is 3. The minimum absolute atomic E-state index is 0. The summed E-state index contributed by atoms with van der Waals surface area (Å²) in [6.07, 6.45) is 11.2. The van der Waals surface area contributed by atoms with Crippen molar-refractivity contribution in [2.24, 2.45) is 14.1 Å². The zero-order chi connectivity index (χ0) is 71.1. The van der Waals surface area contributed by atoms with Crippen LogP contribution in [-0.2, 0) is 99.6 Å². The molecule has 7 aromatic rings. The second kappa shape index (κ2) is 37.3. The SMILES string of the molecule is Cn1c2ccc(N(CCCS(=O)(=O)[O-])CCCS(=O)(=O)[O-])cc2c2cc3c(cc21)O\C(=C/C=C/C=C/c1oc2cc4c(cc2[n+]1CCCCCC(=O)ON1C(=O)CCC1=O)c1cc(N(CCCS(=O)(=O)[O-])CCCS(=O)(=O)[O-])ccc1n4C)N3CCCCCC(=O)ON1C(=O)CCC1=O.[K+].[K+].[K+]. The largest absolute Gasteiger partial charge is 1.00 e. The summed E-state index contributed by atoms with van der Waals surface area (Å²) in [6, 6.07) is 18.8. The van der Waals surface area contributed by atoms with Crippen LogP contribution in [0.1, 0.15) is 109 Å². The average molecular weight is 1560 g/mol. The second-order valence-corrected chi connectivity index (χ2v) is 30.5. The minimum atomic E-state index is -4.56. The number of oxazole rings is 1. The van der Waals surface area contributed by atoms with E-state index in [0.717, 1.165) is 43.6 Å². The molecule has 6 heterocycles. The van der Waals surface area contributed by atoms with Gasteiger partial charge in [0, 0.05) is 177 Å². The molecule has 0 saturated carbocycles. The summed E-state index contributed by atoms with van der Waals surface area (Å²) in [5, 5.41) is 4.15. The van der Waals surface area contributed by atoms with Crippen molar-refractivity contribution in [1.29, 1.82) is 0 Å². The first kappa shape index (κ1) is 85.4. The quantitative estimate of drug-likeness (QED) is 0.00955. The summed E-state index contributed by atoms with van der Waals surface area (Å²) in [6.45, 7) is 1.06. The molecule has 3 aromatic heterocycles. The molecule has 10 rings (SSSR count). The van der Waals surface area contributed by atoms with E-state index in [2.05, 4.69) is 0 Å². The third-order valence-corrected chi connectivity index (χ3v) is 20.5. The van der Waals surface area contributed by atoms with E-state index in [1.807, 2.05) is 81.2 Å². The van der Waals surface area contributed by atoms with Crippen LogP contribution in [0.15, 0.2) is 95.3 Å². The Bertz CT molecular complexity index is 4810. The van der Waals surface area contributed by atoms with Crippen molar-refractivity contribution in [2.45, 2.75) is 109 Å². The molecule has 4 aromatic carbocycles. The summed E-state index contributed by atoms with van der Waals surface area (Å²) in [5.41, 5.74) is 6.24. The molecule has 0 N–H and O–H groups in total. The Balaban J connectivity index is 0.00000486. The Labute approximate surface area is 717 Å². The van der Waals surface area contributed by atoms with Gasteiger partial charge in [0.25, 0.3) is 29.1 Å². The van der Waals surface area contributed by atoms with Crippen molar-refractivity contribution in [3.05, 3.63) is 96.7 Å². The van der Waals surface area contributed by atoms with E-state index in [4.69, 9.17) is 18.8 Å². The van der Waals surface area contributed by atoms with Gasteiger partial charge in [-0.1, -0.05) is 24.6 Å². The maximum Gasteiger partial charge on any atom is 1.00 e. The molecule has 0 aliphatic carbocycles. The average Bonchev–Trinajstić information content (AvgIpc) is 1.59. The van der Waals surface area contributed by atoms with Crippen LogP contribution in [0.2, 0.25) is 0 Å². The van der Waals surface area contributed by atoms with Gasteiger partial charge in [0.05, 0.1) is 63.3 Å². The molecule has 4 amide bonds. The molecule has 37 heteroatoms. The van der Waals surface area contributed by atoms with Gasteiger partial charge in [0.15, 0.2) is 12.3 Å². The summed E-state index contributed by atoms with van der Waals surface area (Å²) in [4.78, 5) is 89.4. The molecule has 0 radical (unpaired) electrons. The van der Waals surface area contributed by atoms with Gasteiger partial charge >= 0.3 is 172 Å². The van der Waals surface area contributed by atoms with E-state index in [-0.39, 0.29) is 245 Å². The van der Waals surface area contributed by atoms with Crippen LogP contribution in [0, 0.1) is 0 Å². The van der Waals surface area contributed by atoms with E-state index >= 15 is 0 Å². The van der Waals surface area contributed by atoms with Crippen LogP contribution < -0.4 is 178 Å². The van der Waals surface area contributed by atoms with Crippen LogP contribution in [0.3, 0.4) is 0 Å². The summed E-state index contributed by atoms with van der Waals surface area (Å²) >= 11 is 0. The third-order valence-electron chi connectivity index (χ3n) is 17.3. The molecule has 0 unspecified atom stereocenters. The minimum Gasteiger partial charge on any atom is -0.748 e. The maximum absolute atomic E-state index is 12.7. The van der Waals surface area contributed by atoms with Crippen molar-refractivity contribution >= 4 is 154 Å². The normalized spacial score (nSPS) is 14.9. The number of hydroxylamine groups is 4. The van der Waals surface area contributed by atoms with Crippen LogP contribution in [0.25, 0.3) is 60.8 Å². The van der Waals surface area contributed by atoms with E-state index < -0.39 is 99.1 Å². The molecule has 102 heavy (non-hydrogen) atoms. The standard InChI is InChI=1S/C65H76N8O22S4.3K/c1-66-50-22-20-44(68(28-12-34-96(80,81)82)29-13-35-97(83,84)85)38-46(50)48-40-54-56(42-52(48)66)92-62(70(54)32-10-4-8-18-64(78)94-72-58(74)24-25-59(72)75)16-6-3-7-17-63-71(33-11-5-9-19-65(79)95-73-60(76)26-27-61(73)77)55-41-49-47-39-45(21-23-51(47)67(2)53(49)43-57(55)93-63)69(30-14-36-98(86,87)88)31-15-37-99(89,90)91;;;/h3,6-7,16-17,20-23,38-43H,4-5,8-15,18-19,24-37H2,1-2H3,(H3-,80,81,82,83,84,85,86,87,88,89,90,91);;;/q;3*+1/p-3. The van der Waals surface area contributed by atoms with Crippen LogP contribution in [0.5, 0.6) is 5.75 Å². The number of aromatic nitrogens is 3. The van der Waals surface area contributed by atoms with Crippen LogP contribution >= 0.6 is 0 Å². The molecule has 2 fully saturated rings. The van der Waals surface area contributed by atoms with Gasteiger partial charge in [-0.25, -0.2) is 43.3 Å². The van der Waals surface area contributed by atoms with Gasteiger partial charge in [-0.15, -0.1) is 10.1 Å². The molecule has 0 spiro atoms. The number of carbonyl (C=O) groups is 6. The first-order valence-electron chi connectivity index (χ1n) is 32.2. The summed E-state index contributed by atoms with van der Waals surface area (Å²) in [7, 11) is -14.5. The molecule has 0 bridgehead atoms. The zero-order valence-electron chi connectivity index (χ0n) is 57.2. The maximum atomic E-state index is 12.7. The molecule has 532 valence electrons. The van der Waals surface area contributed by atoms with Crippen LogP contribution in [0.4, 0.5) is 17.1 Å².